The molecule has 2 rings (SSSR count). The van der Waals surface area contributed by atoms with Crippen molar-refractivity contribution in [1.29, 1.82) is 0 Å². The van der Waals surface area contributed by atoms with Crippen molar-refractivity contribution in [3.05, 3.63) is 29.3 Å². The summed E-state index contributed by atoms with van der Waals surface area (Å²) in [6.07, 6.45) is 1.59. The third-order valence-electron chi connectivity index (χ3n) is 4.30. The monoisotopic (exact) mass is 305 g/mol. The topological polar surface area (TPSA) is 38.8 Å². The van der Waals surface area contributed by atoms with Gasteiger partial charge in [0.25, 0.3) is 5.91 Å². The minimum absolute atomic E-state index is 0.0893. The van der Waals surface area contributed by atoms with E-state index in [9.17, 15) is 4.79 Å². The summed E-state index contributed by atoms with van der Waals surface area (Å²) in [6.45, 7) is 9.98. The number of hydrogen-bond acceptors (Lipinski definition) is 3. The molecule has 0 saturated carbocycles. The van der Waals surface area contributed by atoms with Gasteiger partial charge in [0, 0.05) is 32.5 Å². The second-order valence-electron chi connectivity index (χ2n) is 5.99. The van der Waals surface area contributed by atoms with Gasteiger partial charge in [-0.2, -0.15) is 0 Å². The molecule has 1 fully saturated rings. The van der Waals surface area contributed by atoms with Crippen LogP contribution in [-0.2, 0) is 9.53 Å². The highest BCUT2D eigenvalue weighted by Gasteiger charge is 2.27. The molecule has 1 aromatic rings. The van der Waals surface area contributed by atoms with Crippen molar-refractivity contribution >= 4 is 5.91 Å². The maximum absolute atomic E-state index is 12.2. The fraction of sp³-hybridized carbons (Fsp3) is 0.611. The maximum Gasteiger partial charge on any atom is 0.251 e. The SMILES string of the molecule is CCOC(C)C(=O)N1CCC(Oc2ccc(C)c(C)c2)CC1. The third-order valence-corrected chi connectivity index (χ3v) is 4.30. The minimum Gasteiger partial charge on any atom is -0.490 e. The molecule has 1 aliphatic heterocycles. The van der Waals surface area contributed by atoms with Crippen LogP contribution in [0, 0.1) is 13.8 Å². The lowest BCUT2D eigenvalue weighted by Gasteiger charge is -2.33. The molecular weight excluding hydrogens is 278 g/mol. The number of rotatable bonds is 5. The Morgan fingerprint density at radius 1 is 1.27 bits per heavy atom. The van der Waals surface area contributed by atoms with Gasteiger partial charge in [0.05, 0.1) is 0 Å². The summed E-state index contributed by atoms with van der Waals surface area (Å²) in [5.41, 5.74) is 2.52. The molecule has 1 atom stereocenters. The van der Waals surface area contributed by atoms with Gasteiger partial charge >= 0.3 is 0 Å². The van der Waals surface area contributed by atoms with E-state index >= 15 is 0 Å². The number of benzene rings is 1. The van der Waals surface area contributed by atoms with E-state index in [2.05, 4.69) is 26.0 Å². The average molecular weight is 305 g/mol. The summed E-state index contributed by atoms with van der Waals surface area (Å²) in [5, 5.41) is 0. The van der Waals surface area contributed by atoms with Gasteiger partial charge in [-0.1, -0.05) is 6.07 Å². The highest BCUT2D eigenvalue weighted by molar-refractivity contribution is 5.80. The van der Waals surface area contributed by atoms with Crippen molar-refractivity contribution in [2.75, 3.05) is 19.7 Å². The number of ether oxygens (including phenoxy) is 2. The van der Waals surface area contributed by atoms with Crippen molar-refractivity contribution in [2.45, 2.75) is 52.7 Å². The summed E-state index contributed by atoms with van der Waals surface area (Å²) < 4.78 is 11.4. The lowest BCUT2D eigenvalue weighted by atomic mass is 10.1. The molecule has 1 unspecified atom stereocenters. The van der Waals surface area contributed by atoms with Crippen LogP contribution in [0.2, 0.25) is 0 Å². The molecule has 0 bridgehead atoms. The van der Waals surface area contributed by atoms with Gasteiger partial charge < -0.3 is 14.4 Å². The Balaban J connectivity index is 1.84. The fourth-order valence-corrected chi connectivity index (χ4v) is 2.75. The Hall–Kier alpha value is -1.55. The van der Waals surface area contributed by atoms with E-state index in [1.54, 1.807) is 0 Å². The van der Waals surface area contributed by atoms with Gasteiger partial charge in [-0.15, -0.1) is 0 Å². The third kappa shape index (κ3) is 4.23. The smallest absolute Gasteiger partial charge is 0.251 e. The van der Waals surface area contributed by atoms with E-state index in [-0.39, 0.29) is 18.1 Å². The number of likely N-dealkylation sites (tertiary alicyclic amines) is 1. The number of aryl methyl sites for hydroxylation is 2. The summed E-state index contributed by atoms with van der Waals surface area (Å²) in [4.78, 5) is 14.1. The minimum atomic E-state index is -0.345. The van der Waals surface area contributed by atoms with Crippen LogP contribution in [0.15, 0.2) is 18.2 Å². The largest absolute Gasteiger partial charge is 0.490 e. The number of hydrogen-bond donors (Lipinski definition) is 0. The van der Waals surface area contributed by atoms with Crippen LogP contribution in [0.25, 0.3) is 0 Å². The molecule has 1 saturated heterocycles. The first-order valence-electron chi connectivity index (χ1n) is 8.15. The second-order valence-corrected chi connectivity index (χ2v) is 5.99. The lowest BCUT2D eigenvalue weighted by Crippen LogP contribution is -2.46. The average Bonchev–Trinajstić information content (AvgIpc) is 2.51. The highest BCUT2D eigenvalue weighted by Crippen LogP contribution is 2.22. The molecule has 4 nitrogen and oxygen atoms in total. The zero-order valence-corrected chi connectivity index (χ0v) is 14.1. The van der Waals surface area contributed by atoms with E-state index in [4.69, 9.17) is 9.47 Å². The van der Waals surface area contributed by atoms with E-state index in [1.165, 1.54) is 11.1 Å². The Labute approximate surface area is 133 Å². The van der Waals surface area contributed by atoms with Crippen LogP contribution >= 0.6 is 0 Å². The zero-order chi connectivity index (χ0) is 16.1. The van der Waals surface area contributed by atoms with E-state index in [0.717, 1.165) is 31.7 Å². The van der Waals surface area contributed by atoms with Crippen LogP contribution in [0.1, 0.15) is 37.8 Å². The molecule has 22 heavy (non-hydrogen) atoms. The van der Waals surface area contributed by atoms with E-state index in [0.29, 0.717) is 6.61 Å². The molecule has 0 aromatic heterocycles. The fourth-order valence-electron chi connectivity index (χ4n) is 2.75. The molecule has 0 aliphatic carbocycles. The van der Waals surface area contributed by atoms with E-state index < -0.39 is 0 Å². The van der Waals surface area contributed by atoms with Crippen molar-refractivity contribution in [1.82, 2.24) is 4.90 Å². The summed E-state index contributed by atoms with van der Waals surface area (Å²) in [6, 6.07) is 6.20. The van der Waals surface area contributed by atoms with Crippen molar-refractivity contribution < 1.29 is 14.3 Å². The Kier molecular flexibility index (Phi) is 5.83. The molecule has 1 heterocycles. The number of amides is 1. The molecular formula is C18H27NO3. The zero-order valence-electron chi connectivity index (χ0n) is 14.1. The van der Waals surface area contributed by atoms with E-state index in [1.807, 2.05) is 24.8 Å². The Morgan fingerprint density at radius 3 is 2.55 bits per heavy atom. The van der Waals surface area contributed by atoms with Crippen LogP contribution in [0.5, 0.6) is 5.75 Å². The molecule has 0 radical (unpaired) electrons. The molecule has 0 spiro atoms. The molecule has 0 N–H and O–H groups in total. The van der Waals surface area contributed by atoms with Gasteiger partial charge in [-0.05, 0) is 51.0 Å². The second kappa shape index (κ2) is 7.63. The number of piperidine rings is 1. The number of nitrogens with zero attached hydrogens (tertiary/aromatic N) is 1. The van der Waals surface area contributed by atoms with Crippen LogP contribution in [0.3, 0.4) is 0 Å². The summed E-state index contributed by atoms with van der Waals surface area (Å²) in [5.74, 6) is 1.02. The lowest BCUT2D eigenvalue weighted by molar-refractivity contribution is -0.144. The first-order valence-corrected chi connectivity index (χ1v) is 8.15. The predicted molar refractivity (Wildman–Crippen MR) is 87.2 cm³/mol. The van der Waals surface area contributed by atoms with Crippen LogP contribution in [-0.4, -0.2) is 42.7 Å². The first-order chi connectivity index (χ1) is 10.5. The molecule has 1 amide bonds. The van der Waals surface area contributed by atoms with Gasteiger partial charge in [-0.25, -0.2) is 0 Å². The normalized spacial score (nSPS) is 17.4. The van der Waals surface area contributed by atoms with Crippen molar-refractivity contribution in [3.63, 3.8) is 0 Å². The summed E-state index contributed by atoms with van der Waals surface area (Å²) in [7, 11) is 0. The predicted octanol–water partition coefficient (Wildman–Crippen LogP) is 3.10. The quantitative estimate of drug-likeness (QED) is 0.839. The van der Waals surface area contributed by atoms with Crippen LogP contribution < -0.4 is 4.74 Å². The number of carbonyl (C=O) groups excluding carboxylic acids is 1. The highest BCUT2D eigenvalue weighted by atomic mass is 16.5. The standard InChI is InChI=1S/C18H27NO3/c1-5-21-15(4)18(20)19-10-8-16(9-11-19)22-17-7-6-13(2)14(3)12-17/h6-7,12,15-16H,5,8-11H2,1-4H3. The first kappa shape index (κ1) is 16.8. The molecule has 1 aromatic carbocycles. The maximum atomic E-state index is 12.2. The van der Waals surface area contributed by atoms with Crippen molar-refractivity contribution in [2.24, 2.45) is 0 Å². The molecule has 1 aliphatic rings. The van der Waals surface area contributed by atoms with Gasteiger partial charge in [0.1, 0.15) is 18.0 Å². The van der Waals surface area contributed by atoms with Crippen LogP contribution in [0.4, 0.5) is 0 Å². The van der Waals surface area contributed by atoms with Crippen molar-refractivity contribution in [3.8, 4) is 5.75 Å². The summed E-state index contributed by atoms with van der Waals surface area (Å²) >= 11 is 0. The van der Waals surface area contributed by atoms with Gasteiger partial charge in [-0.3, -0.25) is 4.79 Å². The molecule has 122 valence electrons. The Morgan fingerprint density at radius 2 is 1.95 bits per heavy atom. The number of carbonyl (C=O) groups is 1. The van der Waals surface area contributed by atoms with Gasteiger partial charge in [0.15, 0.2) is 0 Å². The molecule has 4 heteroatoms. The van der Waals surface area contributed by atoms with Gasteiger partial charge in [0.2, 0.25) is 0 Å². The Bertz CT molecular complexity index is 507.